The van der Waals surface area contributed by atoms with E-state index >= 15 is 0 Å². The number of nitrogen functional groups attached to an aromatic ring is 2. The lowest BCUT2D eigenvalue weighted by atomic mass is 9.78. The number of allylic oxidation sites excluding steroid dienone is 1. The predicted molar refractivity (Wildman–Crippen MR) is 329 cm³/mol. The van der Waals surface area contributed by atoms with Gasteiger partial charge in [-0.05, 0) is 75.1 Å². The van der Waals surface area contributed by atoms with E-state index in [0.717, 1.165) is 82.6 Å². The number of fused-ring (bicyclic) bond motifs is 2. The van der Waals surface area contributed by atoms with Gasteiger partial charge in [-0.3, -0.25) is 14.0 Å². The molecule has 2 aromatic carbocycles. The number of rotatable bonds is 9. The van der Waals surface area contributed by atoms with E-state index in [1.807, 2.05) is 90.7 Å². The summed E-state index contributed by atoms with van der Waals surface area (Å²) in [6.45, 7) is 10.9. The summed E-state index contributed by atoms with van der Waals surface area (Å²) in [7, 11) is 4.98. The van der Waals surface area contributed by atoms with E-state index in [1.165, 1.54) is 35.3 Å². The van der Waals surface area contributed by atoms with Crippen molar-refractivity contribution in [3.63, 3.8) is 0 Å². The first kappa shape index (κ1) is 63.4. The zero-order valence-electron chi connectivity index (χ0n) is 49.5. The van der Waals surface area contributed by atoms with Gasteiger partial charge < -0.3 is 44.8 Å². The van der Waals surface area contributed by atoms with Gasteiger partial charge in [-0.1, -0.05) is 29.3 Å². The molecule has 1 aliphatic carbocycles. The maximum Gasteiger partial charge on any atom is 0.494 e. The van der Waals surface area contributed by atoms with Gasteiger partial charge in [0.15, 0.2) is 16.1 Å². The van der Waals surface area contributed by atoms with Crippen LogP contribution in [0.15, 0.2) is 97.6 Å². The second-order valence-corrected chi connectivity index (χ2v) is 22.5. The normalized spacial score (nSPS) is 16.2. The van der Waals surface area contributed by atoms with E-state index in [1.54, 1.807) is 35.0 Å². The van der Waals surface area contributed by atoms with Crippen LogP contribution in [0.2, 0.25) is 10.3 Å². The van der Waals surface area contributed by atoms with Crippen LogP contribution in [0.25, 0.3) is 22.9 Å². The van der Waals surface area contributed by atoms with Gasteiger partial charge in [0.05, 0.1) is 95.7 Å². The van der Waals surface area contributed by atoms with Gasteiger partial charge in [-0.15, -0.1) is 0 Å². The van der Waals surface area contributed by atoms with E-state index in [-0.39, 0.29) is 34.4 Å². The average Bonchev–Trinajstić information content (AvgIpc) is 2.50. The topological polar surface area (TPSA) is 335 Å². The zero-order valence-corrected chi connectivity index (χ0v) is 51.0. The molecule has 88 heavy (non-hydrogen) atoms. The second kappa shape index (κ2) is 28.1. The van der Waals surface area contributed by atoms with Crippen molar-refractivity contribution < 1.29 is 38.2 Å². The minimum absolute atomic E-state index is 0.0879. The minimum Gasteiger partial charge on any atom is -0.489 e. The number of nitrogens with zero attached hydrogens (tertiary/aromatic N) is 15. The molecule has 8 aromatic rings. The number of aliphatic imine (C=N–C) groups is 1. The summed E-state index contributed by atoms with van der Waals surface area (Å²) >= 11 is 11.4. The first-order valence-corrected chi connectivity index (χ1v) is 28.7. The summed E-state index contributed by atoms with van der Waals surface area (Å²) in [4.78, 5) is 38.9. The molecular formula is C60H64BCl2N17O8. The molecule has 0 bridgehead atoms. The lowest BCUT2D eigenvalue weighted by Crippen LogP contribution is -2.41. The van der Waals surface area contributed by atoms with E-state index in [0.29, 0.717) is 66.3 Å². The van der Waals surface area contributed by atoms with Gasteiger partial charge in [-0.2, -0.15) is 25.8 Å². The summed E-state index contributed by atoms with van der Waals surface area (Å²) in [5.74, 6) is 0.508. The molecule has 0 saturated carbocycles. The number of nitrogens with two attached hydrogens (primary N) is 2. The number of nitriles is 2. The SMILES string of the molecule is CC1(C)OB(c2ccc(OC3CCOCC3)c(C#N)c2)OC1(C)C.Cn1cc(C(=O)O)cn1.Cn1cc(C2=Cc3c(ncnc3-c3ccc(OC4CCOCC4)c(C#N)c3)C2)cn1.Cn1cc(C2=Nc3c(Cl)ncnc3C2)cn1.Nc1ncnc(Cl)c1N. The molecule has 10 heterocycles. The van der Waals surface area contributed by atoms with Gasteiger partial charge >= 0.3 is 13.1 Å². The second-order valence-electron chi connectivity index (χ2n) is 21.7. The number of benzene rings is 2. The molecular weight excluding hydrogens is 1170 g/mol. The monoisotopic (exact) mass is 1230 g/mol. The van der Waals surface area contributed by atoms with Crippen LogP contribution >= 0.6 is 23.2 Å². The quantitative estimate of drug-likeness (QED) is 0.0917. The van der Waals surface area contributed by atoms with Gasteiger partial charge in [0.2, 0.25) is 0 Å². The van der Waals surface area contributed by atoms with E-state index in [2.05, 4.69) is 68.4 Å². The Hall–Kier alpha value is -9.15. The molecule has 0 unspecified atom stereocenters. The number of aromatic carboxylic acids is 1. The fourth-order valence-corrected chi connectivity index (χ4v) is 9.76. The van der Waals surface area contributed by atoms with Crippen LogP contribution in [0, 0.1) is 22.7 Å². The predicted octanol–water partition coefficient (Wildman–Crippen LogP) is 7.77. The van der Waals surface area contributed by atoms with Gasteiger partial charge in [0.25, 0.3) is 0 Å². The summed E-state index contributed by atoms with van der Waals surface area (Å²) in [6.07, 6.45) is 21.8. The van der Waals surface area contributed by atoms with Crippen LogP contribution < -0.4 is 26.4 Å². The Balaban J connectivity index is 0.000000141. The zero-order chi connectivity index (χ0) is 62.7. The van der Waals surface area contributed by atoms with Crippen molar-refractivity contribution in [3.8, 4) is 34.9 Å². The van der Waals surface area contributed by atoms with E-state index in [4.69, 9.17) is 68.0 Å². The minimum atomic E-state index is -0.942. The van der Waals surface area contributed by atoms with Crippen LogP contribution in [0.5, 0.6) is 11.5 Å². The molecule has 0 atom stereocenters. The molecule has 5 N–H and O–H groups in total. The van der Waals surface area contributed by atoms with E-state index in [9.17, 15) is 15.3 Å². The molecule has 5 aliphatic rings. The standard InChI is InChI=1S/C23H21N5O2.C18H24BNO4.C10H8ClN5.C5H6N2O2.C4H5ClN4/c1-28-13-18(12-27-28)16-9-20-21(10-16)25-14-26-23(20)15-2-3-22(17(8-15)11-24)30-19-4-6-29-7-5-19;1-17(2)18(3,4)24-19(23-17)14-5-6-16(13(11-14)12-20)22-15-7-9-21-10-8-15;1-16-4-6(3-14-16)7-2-8-9(15-7)10(11)13-5-12-8;1-7-3-4(2-6-7)5(8)9;5-3-2(6)4(7)9-1-8-3/h2-3,8-9,12-14,19H,4-7,10H2,1H3;5-6,11,15H,7-10H2,1-4H3;3-5H,2H2,1H3;2-3H,1H3,(H,8,9);1H,6H2,(H2,7,8,9). The summed E-state index contributed by atoms with van der Waals surface area (Å²) in [5.41, 5.74) is 21.5. The molecule has 3 saturated heterocycles. The number of carbonyl (C=O) groups is 1. The molecule has 4 aliphatic heterocycles. The average molecular weight is 1230 g/mol. The molecule has 6 aromatic heterocycles. The van der Waals surface area contributed by atoms with Crippen molar-refractivity contribution >= 4 is 76.3 Å². The Morgan fingerprint density at radius 3 is 1.76 bits per heavy atom. The molecule has 28 heteroatoms. The Morgan fingerprint density at radius 2 is 1.23 bits per heavy atom. The number of aryl methyl sites for hydroxylation is 3. The summed E-state index contributed by atoms with van der Waals surface area (Å²) in [6, 6.07) is 15.8. The fraction of sp³-hybridized carbons (Fsp3) is 0.350. The van der Waals surface area contributed by atoms with Crippen LogP contribution in [0.3, 0.4) is 0 Å². The number of hydrogen-bond donors (Lipinski definition) is 3. The highest BCUT2D eigenvalue weighted by atomic mass is 35.5. The van der Waals surface area contributed by atoms with E-state index < -0.39 is 24.3 Å². The Kier molecular flexibility index (Phi) is 20.3. The number of aromatic nitrogens is 12. The highest BCUT2D eigenvalue weighted by Gasteiger charge is 2.52. The molecule has 3 fully saturated rings. The lowest BCUT2D eigenvalue weighted by molar-refractivity contribution is 0.00578. The summed E-state index contributed by atoms with van der Waals surface area (Å²) < 4.78 is 39.9. The molecule has 0 amide bonds. The largest absolute Gasteiger partial charge is 0.494 e. The van der Waals surface area contributed by atoms with Crippen LogP contribution in [0.4, 0.5) is 17.2 Å². The Labute approximate surface area is 518 Å². The Morgan fingerprint density at radius 1 is 0.682 bits per heavy atom. The highest BCUT2D eigenvalue weighted by Crippen LogP contribution is 2.39. The third-order valence-corrected chi connectivity index (χ3v) is 15.5. The molecule has 0 radical (unpaired) electrons. The Bertz CT molecular complexity index is 3920. The number of ether oxygens (including phenoxy) is 4. The third-order valence-electron chi connectivity index (χ3n) is 15.0. The number of carboxylic acids is 1. The van der Waals surface area contributed by atoms with Gasteiger partial charge in [0, 0.05) is 101 Å². The number of anilines is 2. The van der Waals surface area contributed by atoms with Crippen molar-refractivity contribution in [2.45, 2.75) is 89.6 Å². The molecule has 25 nitrogen and oxygen atoms in total. The van der Waals surface area contributed by atoms with Crippen LogP contribution in [0.1, 0.15) is 103 Å². The van der Waals surface area contributed by atoms with Crippen molar-refractivity contribution in [2.24, 2.45) is 26.1 Å². The van der Waals surface area contributed by atoms with Crippen LogP contribution in [-0.4, -0.2) is 133 Å². The number of halogens is 2. The lowest BCUT2D eigenvalue weighted by Gasteiger charge is -2.32. The fourth-order valence-electron chi connectivity index (χ4n) is 9.43. The smallest absolute Gasteiger partial charge is 0.489 e. The van der Waals surface area contributed by atoms with Crippen molar-refractivity contribution in [3.05, 3.63) is 148 Å². The van der Waals surface area contributed by atoms with Crippen molar-refractivity contribution in [1.82, 2.24) is 59.2 Å². The van der Waals surface area contributed by atoms with Crippen molar-refractivity contribution in [2.75, 3.05) is 37.9 Å². The highest BCUT2D eigenvalue weighted by molar-refractivity contribution is 6.62. The maximum atomic E-state index is 10.2. The summed E-state index contributed by atoms with van der Waals surface area (Å²) in [5, 5.41) is 40.2. The molecule has 13 rings (SSSR count). The maximum absolute atomic E-state index is 10.2. The third kappa shape index (κ3) is 15.5. The first-order valence-electron chi connectivity index (χ1n) is 27.9. The van der Waals surface area contributed by atoms with Gasteiger partial charge in [-0.25, -0.2) is 39.7 Å². The molecule has 0 spiro atoms. The number of carboxylic acid groups (broad SMARTS) is 1. The number of hydrogen-bond acceptors (Lipinski definition) is 21. The van der Waals surface area contributed by atoms with Gasteiger partial charge in [0.1, 0.15) is 66.2 Å². The van der Waals surface area contributed by atoms with Crippen molar-refractivity contribution in [1.29, 1.82) is 10.5 Å². The first-order chi connectivity index (χ1) is 42.2. The van der Waals surface area contributed by atoms with Crippen LogP contribution in [-0.2, 0) is 52.8 Å². The molecule has 454 valence electrons.